The summed E-state index contributed by atoms with van der Waals surface area (Å²) in [5, 5.41) is 17.4. The number of H-pyrrole nitrogens is 1. The summed E-state index contributed by atoms with van der Waals surface area (Å²) < 4.78 is 1.45. The zero-order valence-electron chi connectivity index (χ0n) is 15.4. The van der Waals surface area contributed by atoms with Crippen LogP contribution in [0.2, 0.25) is 5.02 Å². The minimum Gasteiger partial charge on any atom is -0.508 e. The number of carbonyl (C=O) groups excluding carboxylic acids is 1. The number of ketones is 1. The fourth-order valence-electron chi connectivity index (χ4n) is 4.26. The molecule has 2 aliphatic rings. The molecule has 2 aromatic carbocycles. The summed E-state index contributed by atoms with van der Waals surface area (Å²) in [7, 11) is 0. The van der Waals surface area contributed by atoms with Gasteiger partial charge in [-0.05, 0) is 43.2 Å². The van der Waals surface area contributed by atoms with Crippen molar-refractivity contribution in [1.82, 2.24) is 9.78 Å². The van der Waals surface area contributed by atoms with E-state index in [2.05, 4.69) is 10.4 Å². The van der Waals surface area contributed by atoms with Crippen LogP contribution in [0.1, 0.15) is 36.3 Å². The van der Waals surface area contributed by atoms with Crippen molar-refractivity contribution in [3.63, 3.8) is 0 Å². The number of nitrogens with one attached hydrogen (secondary N) is 2. The van der Waals surface area contributed by atoms with Crippen molar-refractivity contribution in [1.29, 1.82) is 0 Å². The number of rotatable bonds is 2. The molecule has 3 N–H and O–H groups in total. The van der Waals surface area contributed by atoms with Crippen LogP contribution in [0.5, 0.6) is 5.75 Å². The number of carbonyl (C=O) groups is 1. The van der Waals surface area contributed by atoms with E-state index >= 15 is 0 Å². The van der Waals surface area contributed by atoms with Gasteiger partial charge in [0.15, 0.2) is 5.78 Å². The first-order chi connectivity index (χ1) is 14.0. The van der Waals surface area contributed by atoms with Crippen molar-refractivity contribution in [3.05, 3.63) is 86.3 Å². The van der Waals surface area contributed by atoms with Crippen molar-refractivity contribution >= 4 is 23.2 Å². The third-order valence-electron chi connectivity index (χ3n) is 5.55. The predicted octanol–water partition coefficient (Wildman–Crippen LogP) is 4.09. The number of aromatic hydroxyl groups is 1. The van der Waals surface area contributed by atoms with Gasteiger partial charge in [0.1, 0.15) is 11.6 Å². The average molecular weight is 408 g/mol. The third-order valence-corrected chi connectivity index (χ3v) is 5.79. The molecule has 7 heteroatoms. The molecule has 0 bridgehead atoms. The number of benzene rings is 2. The lowest BCUT2D eigenvalue weighted by molar-refractivity contribution is -0.116. The lowest BCUT2D eigenvalue weighted by Gasteiger charge is -2.31. The second kappa shape index (κ2) is 6.67. The number of Topliss-reactive ketones (excluding diaryl/α,β-unsaturated/α-hetero) is 1. The highest BCUT2D eigenvalue weighted by atomic mass is 35.5. The van der Waals surface area contributed by atoms with Crippen LogP contribution in [0.25, 0.3) is 5.69 Å². The number of allylic oxidation sites excluding steroid dienone is 2. The monoisotopic (exact) mass is 407 g/mol. The lowest BCUT2D eigenvalue weighted by Crippen LogP contribution is -2.30. The van der Waals surface area contributed by atoms with Gasteiger partial charge in [0.2, 0.25) is 0 Å². The van der Waals surface area contributed by atoms with Crippen LogP contribution < -0.4 is 10.9 Å². The van der Waals surface area contributed by atoms with Gasteiger partial charge >= 0.3 is 0 Å². The average Bonchev–Trinajstić information content (AvgIpc) is 3.05. The number of hydrogen-bond acceptors (Lipinski definition) is 4. The second-order valence-electron chi connectivity index (χ2n) is 7.31. The Hall–Kier alpha value is -3.25. The maximum Gasteiger partial charge on any atom is 0.277 e. The van der Waals surface area contributed by atoms with E-state index in [1.165, 1.54) is 10.7 Å². The minimum atomic E-state index is -0.679. The number of hydrogen-bond donors (Lipinski definition) is 3. The molecular formula is C22H18ClN3O3. The molecule has 3 aromatic rings. The van der Waals surface area contributed by atoms with Gasteiger partial charge in [0.05, 0.1) is 17.2 Å². The summed E-state index contributed by atoms with van der Waals surface area (Å²) in [6, 6.07) is 13.9. The Labute approximate surface area is 171 Å². The van der Waals surface area contributed by atoms with Crippen LogP contribution in [0, 0.1) is 0 Å². The maximum atomic E-state index is 13.4. The highest BCUT2D eigenvalue weighted by molar-refractivity contribution is 6.30. The highest BCUT2D eigenvalue weighted by Gasteiger charge is 2.39. The summed E-state index contributed by atoms with van der Waals surface area (Å²) in [5.41, 5.74) is 2.61. The molecule has 6 nitrogen and oxygen atoms in total. The Morgan fingerprint density at radius 3 is 2.66 bits per heavy atom. The number of fused-ring (bicyclic) bond motifs is 1. The van der Waals surface area contributed by atoms with Crippen LogP contribution in [0.4, 0.5) is 5.82 Å². The topological polar surface area (TPSA) is 87.1 Å². The third kappa shape index (κ3) is 2.79. The quantitative estimate of drug-likeness (QED) is 0.597. The van der Waals surface area contributed by atoms with Gasteiger partial charge in [-0.1, -0.05) is 29.8 Å². The first-order valence-electron chi connectivity index (χ1n) is 9.46. The summed E-state index contributed by atoms with van der Waals surface area (Å²) in [4.78, 5) is 26.3. The smallest absolute Gasteiger partial charge is 0.277 e. The SMILES string of the molecule is O=C1CCCC2=C1C(c1cc(Cl)ccc1O)c1c([nH]n(-c3ccccc3)c1=O)N2. The first-order valence-corrected chi connectivity index (χ1v) is 9.84. The van der Waals surface area contributed by atoms with Crippen molar-refractivity contribution in [2.45, 2.75) is 25.2 Å². The maximum absolute atomic E-state index is 13.4. The van der Waals surface area contributed by atoms with Gasteiger partial charge in [-0.3, -0.25) is 14.7 Å². The molecule has 1 aliphatic heterocycles. The van der Waals surface area contributed by atoms with Crippen molar-refractivity contribution in [2.24, 2.45) is 0 Å². The molecule has 1 aliphatic carbocycles. The predicted molar refractivity (Wildman–Crippen MR) is 111 cm³/mol. The number of para-hydroxylation sites is 1. The summed E-state index contributed by atoms with van der Waals surface area (Å²) >= 11 is 6.20. The van der Waals surface area contributed by atoms with Gasteiger partial charge in [-0.15, -0.1) is 0 Å². The molecule has 0 saturated heterocycles. The largest absolute Gasteiger partial charge is 0.508 e. The Morgan fingerprint density at radius 1 is 1.07 bits per heavy atom. The molecule has 0 fully saturated rings. The van der Waals surface area contributed by atoms with Crippen molar-refractivity contribution in [3.8, 4) is 11.4 Å². The van der Waals surface area contributed by atoms with E-state index in [4.69, 9.17) is 11.6 Å². The van der Waals surface area contributed by atoms with E-state index < -0.39 is 5.92 Å². The molecule has 1 atom stereocenters. The van der Waals surface area contributed by atoms with Crippen molar-refractivity contribution < 1.29 is 9.90 Å². The zero-order valence-corrected chi connectivity index (χ0v) is 16.2. The van der Waals surface area contributed by atoms with E-state index in [0.29, 0.717) is 46.1 Å². The molecule has 0 amide bonds. The fraction of sp³-hybridized carbons (Fsp3) is 0.182. The number of aromatic nitrogens is 2. The molecule has 1 unspecified atom stereocenters. The number of halogens is 1. The van der Waals surface area contributed by atoms with Crippen LogP contribution in [-0.2, 0) is 4.79 Å². The zero-order chi connectivity index (χ0) is 20.1. The summed E-state index contributed by atoms with van der Waals surface area (Å²) in [5.74, 6) is -0.150. The Balaban J connectivity index is 1.79. The molecule has 0 saturated carbocycles. The van der Waals surface area contributed by atoms with E-state index in [1.807, 2.05) is 30.3 Å². The molecular weight excluding hydrogens is 390 g/mol. The molecule has 146 valence electrons. The van der Waals surface area contributed by atoms with E-state index in [0.717, 1.165) is 12.1 Å². The summed E-state index contributed by atoms with van der Waals surface area (Å²) in [6.07, 6.45) is 1.87. The number of aromatic amines is 1. The van der Waals surface area contributed by atoms with E-state index in [9.17, 15) is 14.7 Å². The number of phenols is 1. The molecule has 29 heavy (non-hydrogen) atoms. The minimum absolute atomic E-state index is 0.00401. The van der Waals surface area contributed by atoms with Gasteiger partial charge < -0.3 is 10.4 Å². The Kier molecular flexibility index (Phi) is 4.10. The molecule has 0 radical (unpaired) electrons. The molecule has 5 rings (SSSR count). The highest BCUT2D eigenvalue weighted by Crippen LogP contribution is 2.46. The van der Waals surface area contributed by atoms with Gasteiger partial charge in [0.25, 0.3) is 5.56 Å². The van der Waals surface area contributed by atoms with E-state index in [-0.39, 0.29) is 17.1 Å². The van der Waals surface area contributed by atoms with Crippen LogP contribution >= 0.6 is 11.6 Å². The van der Waals surface area contributed by atoms with Gasteiger partial charge in [-0.25, -0.2) is 4.68 Å². The van der Waals surface area contributed by atoms with Gasteiger partial charge in [0, 0.05) is 28.3 Å². The van der Waals surface area contributed by atoms with E-state index in [1.54, 1.807) is 12.1 Å². The Bertz CT molecular complexity index is 1220. The van der Waals surface area contributed by atoms with Gasteiger partial charge in [-0.2, -0.15) is 0 Å². The molecule has 2 heterocycles. The van der Waals surface area contributed by atoms with Crippen LogP contribution in [0.15, 0.2) is 64.6 Å². The number of nitrogens with zero attached hydrogens (tertiary/aromatic N) is 1. The standard InChI is InChI=1S/C22H18ClN3O3/c23-12-9-10-16(27)14(11-12)18-19-15(7-4-8-17(19)28)24-21-20(18)22(29)26(25-21)13-5-2-1-3-6-13/h1-3,5-6,9-11,18,24-25,27H,4,7-8H2. The first kappa shape index (κ1) is 17.8. The van der Waals surface area contributed by atoms with Crippen LogP contribution in [-0.4, -0.2) is 20.7 Å². The van der Waals surface area contributed by atoms with Crippen molar-refractivity contribution in [2.75, 3.05) is 5.32 Å². The number of phenolic OH excluding ortho intramolecular Hbond substituents is 1. The number of anilines is 1. The second-order valence-corrected chi connectivity index (χ2v) is 7.74. The molecule has 1 aromatic heterocycles. The normalized spacial score (nSPS) is 18.2. The van der Waals surface area contributed by atoms with Crippen LogP contribution in [0.3, 0.4) is 0 Å². The fourth-order valence-corrected chi connectivity index (χ4v) is 4.44. The molecule has 0 spiro atoms. The summed E-state index contributed by atoms with van der Waals surface area (Å²) in [6.45, 7) is 0. The Morgan fingerprint density at radius 2 is 1.86 bits per heavy atom. The lowest BCUT2D eigenvalue weighted by atomic mass is 9.76.